The van der Waals surface area contributed by atoms with Crippen molar-refractivity contribution in [2.45, 2.75) is 0 Å². The molecule has 0 aromatic rings. The van der Waals surface area contributed by atoms with E-state index in [0.717, 1.165) is 0 Å². The van der Waals surface area contributed by atoms with Crippen LogP contribution in [0.2, 0.25) is 0 Å². The Morgan fingerprint density at radius 2 is 0.857 bits per heavy atom. The first-order valence-electron chi connectivity index (χ1n) is 2.88. The van der Waals surface area contributed by atoms with Gasteiger partial charge in [0.1, 0.15) is 0 Å². The maximum atomic E-state index is 8.33. The molecular formula is C5H12Na2O7. The summed E-state index contributed by atoms with van der Waals surface area (Å²) in [7, 11) is 0. The number of hydrogen-bond acceptors (Lipinski definition) is 7. The van der Waals surface area contributed by atoms with Gasteiger partial charge in [0.25, 0.3) is 0 Å². The molecule has 76 valence electrons. The van der Waals surface area contributed by atoms with Gasteiger partial charge in [-0.2, -0.15) is 0 Å². The van der Waals surface area contributed by atoms with Gasteiger partial charge in [0.2, 0.25) is 0 Å². The third-order valence-corrected chi connectivity index (χ3v) is 0.200. The standard InChI is InChI=1S/2C2H6O2.CH2O3.2Na/c2*3-1-2-4;2-1(3)4;;/h2*3-4H,1-2H2;(H2,2,3,4);;/q;;;2*+1/p-2. The van der Waals surface area contributed by atoms with E-state index in [1.165, 1.54) is 0 Å². The predicted molar refractivity (Wildman–Crippen MR) is 33.7 cm³/mol. The van der Waals surface area contributed by atoms with Crippen molar-refractivity contribution >= 4 is 6.16 Å². The number of aliphatic hydroxyl groups excluding tert-OH is 4. The van der Waals surface area contributed by atoms with Crippen molar-refractivity contribution in [1.29, 1.82) is 0 Å². The molecule has 0 amide bonds. The van der Waals surface area contributed by atoms with Crippen molar-refractivity contribution in [2.75, 3.05) is 26.4 Å². The Balaban J connectivity index is -0.0000000270. The minimum atomic E-state index is -2.33. The number of carboxylic acid groups (broad SMARTS) is 2. The zero-order valence-corrected chi connectivity index (χ0v) is 12.3. The summed E-state index contributed by atoms with van der Waals surface area (Å²) < 4.78 is 0. The summed E-state index contributed by atoms with van der Waals surface area (Å²) in [5.74, 6) is 0. The van der Waals surface area contributed by atoms with E-state index in [2.05, 4.69) is 0 Å². The molecule has 4 N–H and O–H groups in total. The summed E-state index contributed by atoms with van der Waals surface area (Å²) in [6, 6.07) is 0. The summed E-state index contributed by atoms with van der Waals surface area (Å²) in [6.45, 7) is -0.500. The maximum Gasteiger partial charge on any atom is 1.00 e. The van der Waals surface area contributed by atoms with Crippen LogP contribution in [0.4, 0.5) is 4.79 Å². The molecule has 0 aromatic heterocycles. The Kier molecular flexibility index (Phi) is 77.5. The second-order valence-corrected chi connectivity index (χ2v) is 1.14. The average molecular weight is 230 g/mol. The number of carbonyl (C=O) groups is 1. The van der Waals surface area contributed by atoms with Crippen LogP contribution in [0.25, 0.3) is 0 Å². The number of aliphatic hydroxyl groups is 4. The minimum Gasteiger partial charge on any atom is -0.652 e. The smallest absolute Gasteiger partial charge is 0.652 e. The fourth-order valence-electron chi connectivity index (χ4n) is 0. The topological polar surface area (TPSA) is 144 Å². The van der Waals surface area contributed by atoms with Crippen LogP contribution in [0.5, 0.6) is 0 Å². The van der Waals surface area contributed by atoms with Gasteiger partial charge in [-0.05, 0) is 6.16 Å². The molecule has 0 saturated carbocycles. The normalized spacial score (nSPS) is 6.00. The zero-order chi connectivity index (χ0) is 10.4. The van der Waals surface area contributed by atoms with Gasteiger partial charge in [0, 0.05) is 0 Å². The second-order valence-electron chi connectivity index (χ2n) is 1.14. The number of rotatable bonds is 2. The van der Waals surface area contributed by atoms with Crippen LogP contribution in [0.3, 0.4) is 0 Å². The molecule has 0 aliphatic carbocycles. The first-order chi connectivity index (χ1) is 5.56. The Morgan fingerprint density at radius 3 is 0.857 bits per heavy atom. The van der Waals surface area contributed by atoms with Gasteiger partial charge in [-0.15, -0.1) is 0 Å². The van der Waals surface area contributed by atoms with E-state index in [0.29, 0.717) is 0 Å². The molecule has 9 heteroatoms. The van der Waals surface area contributed by atoms with Gasteiger partial charge in [0.15, 0.2) is 0 Å². The summed E-state index contributed by atoms with van der Waals surface area (Å²) in [4.78, 5) is 8.33. The fourth-order valence-corrected chi connectivity index (χ4v) is 0. The van der Waals surface area contributed by atoms with E-state index in [1.54, 1.807) is 0 Å². The molecule has 14 heavy (non-hydrogen) atoms. The van der Waals surface area contributed by atoms with Gasteiger partial charge < -0.3 is 35.4 Å². The summed E-state index contributed by atoms with van der Waals surface area (Å²) in [6.07, 6.45) is -2.33. The molecule has 7 nitrogen and oxygen atoms in total. The predicted octanol–water partition coefficient (Wildman–Crippen LogP) is -10.5. The molecule has 0 spiro atoms. The van der Waals surface area contributed by atoms with Gasteiger partial charge in [0.05, 0.1) is 26.4 Å². The van der Waals surface area contributed by atoms with Crippen molar-refractivity contribution in [2.24, 2.45) is 0 Å². The summed E-state index contributed by atoms with van der Waals surface area (Å²) in [5.41, 5.74) is 0. The van der Waals surface area contributed by atoms with E-state index < -0.39 is 6.16 Å². The maximum absolute atomic E-state index is 8.33. The second kappa shape index (κ2) is 36.9. The molecule has 0 fully saturated rings. The molecule has 0 atom stereocenters. The van der Waals surface area contributed by atoms with E-state index in [9.17, 15) is 0 Å². The van der Waals surface area contributed by atoms with Crippen molar-refractivity contribution < 1.29 is 94.5 Å². The van der Waals surface area contributed by atoms with Crippen LogP contribution in [0, 0.1) is 0 Å². The Hall–Kier alpha value is 1.11. The molecule has 0 heterocycles. The van der Waals surface area contributed by atoms with Gasteiger partial charge in [-0.3, -0.25) is 0 Å². The third kappa shape index (κ3) is 199. The fraction of sp³-hybridized carbons (Fsp3) is 0.800. The van der Waals surface area contributed by atoms with Crippen LogP contribution < -0.4 is 69.3 Å². The molecule has 0 aliphatic heterocycles. The van der Waals surface area contributed by atoms with Crippen molar-refractivity contribution in [1.82, 2.24) is 0 Å². The van der Waals surface area contributed by atoms with Gasteiger partial charge >= 0.3 is 59.1 Å². The van der Waals surface area contributed by atoms with Crippen LogP contribution in [-0.4, -0.2) is 53.0 Å². The molecule has 0 radical (unpaired) electrons. The van der Waals surface area contributed by atoms with Crippen LogP contribution in [0.15, 0.2) is 0 Å². The van der Waals surface area contributed by atoms with Crippen LogP contribution >= 0.6 is 0 Å². The Bertz CT molecular complexity index is 70.5. The van der Waals surface area contributed by atoms with E-state index in [-0.39, 0.29) is 85.5 Å². The van der Waals surface area contributed by atoms with Gasteiger partial charge in [-0.1, -0.05) is 0 Å². The molecule has 0 bridgehead atoms. The zero-order valence-electron chi connectivity index (χ0n) is 8.34. The molecule has 0 aromatic carbocycles. The Labute approximate surface area is 126 Å². The van der Waals surface area contributed by atoms with Crippen molar-refractivity contribution in [3.8, 4) is 0 Å². The number of carbonyl (C=O) groups excluding carboxylic acids is 1. The van der Waals surface area contributed by atoms with Crippen molar-refractivity contribution in [3.05, 3.63) is 0 Å². The molecule has 0 saturated heterocycles. The van der Waals surface area contributed by atoms with E-state index in [4.69, 9.17) is 35.4 Å². The quantitative estimate of drug-likeness (QED) is 0.345. The third-order valence-electron chi connectivity index (χ3n) is 0.200. The molecule has 0 rings (SSSR count). The van der Waals surface area contributed by atoms with Gasteiger partial charge in [-0.25, -0.2) is 0 Å². The van der Waals surface area contributed by atoms with Crippen LogP contribution in [-0.2, 0) is 0 Å². The summed E-state index contributed by atoms with van der Waals surface area (Å²) in [5, 5.41) is 47.2. The summed E-state index contributed by atoms with van der Waals surface area (Å²) >= 11 is 0. The van der Waals surface area contributed by atoms with Crippen molar-refractivity contribution in [3.63, 3.8) is 0 Å². The molecular weight excluding hydrogens is 218 g/mol. The SMILES string of the molecule is O=C([O-])[O-].OCCO.OCCO.[Na+].[Na+]. The van der Waals surface area contributed by atoms with E-state index >= 15 is 0 Å². The first-order valence-corrected chi connectivity index (χ1v) is 2.88. The minimum absolute atomic E-state index is 0. The Morgan fingerprint density at radius 1 is 0.786 bits per heavy atom. The first kappa shape index (κ1) is 29.4. The largest absolute Gasteiger partial charge is 1.00 e. The molecule has 0 aliphatic rings. The number of hydrogen-bond donors (Lipinski definition) is 4. The molecule has 0 unspecified atom stereocenters. The van der Waals surface area contributed by atoms with Crippen LogP contribution in [0.1, 0.15) is 0 Å². The van der Waals surface area contributed by atoms with E-state index in [1.807, 2.05) is 0 Å². The average Bonchev–Trinajstić information content (AvgIpc) is 2.03. The monoisotopic (exact) mass is 230 g/mol.